The first-order valence-corrected chi connectivity index (χ1v) is 11.4. The minimum absolute atomic E-state index is 0.0167. The van der Waals surface area contributed by atoms with Gasteiger partial charge in [0.05, 0.1) is 12.6 Å². The highest BCUT2D eigenvalue weighted by atomic mass is 16.5. The second-order valence-corrected chi connectivity index (χ2v) is 8.66. The lowest BCUT2D eigenvalue weighted by atomic mass is 9.84. The fraction of sp³-hybridized carbons (Fsp3) is 0.625. The van der Waals surface area contributed by atoms with Gasteiger partial charge in [-0.3, -0.25) is 14.9 Å². The third kappa shape index (κ3) is 5.64. The van der Waals surface area contributed by atoms with Gasteiger partial charge in [-0.1, -0.05) is 43.2 Å². The number of rotatable bonds is 9. The molecule has 7 nitrogen and oxygen atoms in total. The summed E-state index contributed by atoms with van der Waals surface area (Å²) in [5.41, 5.74) is 1.10. The molecular weight excluding hydrogens is 396 g/mol. The highest BCUT2D eigenvalue weighted by Crippen LogP contribution is 2.40. The summed E-state index contributed by atoms with van der Waals surface area (Å²) >= 11 is 0. The molecule has 2 fully saturated rings. The Morgan fingerprint density at radius 1 is 1.19 bits per heavy atom. The molecule has 1 amide bonds. The number of fused-ring (bicyclic) bond motifs is 1. The summed E-state index contributed by atoms with van der Waals surface area (Å²) in [4.78, 5) is 39.3. The molecule has 0 bridgehead atoms. The number of esters is 1. The Bertz CT molecular complexity index is 768. The summed E-state index contributed by atoms with van der Waals surface area (Å²) in [5, 5.41) is 12.9. The van der Waals surface area contributed by atoms with Crippen LogP contribution in [0.1, 0.15) is 57.9 Å². The van der Waals surface area contributed by atoms with E-state index in [4.69, 9.17) is 4.74 Å². The van der Waals surface area contributed by atoms with E-state index >= 15 is 0 Å². The Labute approximate surface area is 184 Å². The lowest BCUT2D eigenvalue weighted by molar-refractivity contribution is -0.152. The molecule has 170 valence electrons. The van der Waals surface area contributed by atoms with E-state index in [-0.39, 0.29) is 30.4 Å². The zero-order valence-corrected chi connectivity index (χ0v) is 18.5. The first-order chi connectivity index (χ1) is 14.9. The molecule has 1 aliphatic carbocycles. The summed E-state index contributed by atoms with van der Waals surface area (Å²) in [6.07, 6.45) is 5.62. The third-order valence-corrected chi connectivity index (χ3v) is 6.58. The van der Waals surface area contributed by atoms with Crippen LogP contribution in [0.15, 0.2) is 30.3 Å². The summed E-state index contributed by atoms with van der Waals surface area (Å²) in [5.74, 6) is -1.31. The van der Waals surface area contributed by atoms with Crippen molar-refractivity contribution in [2.75, 3.05) is 6.61 Å². The molecule has 7 heteroatoms. The monoisotopic (exact) mass is 430 g/mol. The first-order valence-electron chi connectivity index (χ1n) is 11.4. The van der Waals surface area contributed by atoms with Crippen molar-refractivity contribution in [2.24, 2.45) is 5.92 Å². The Morgan fingerprint density at radius 2 is 1.90 bits per heavy atom. The average Bonchev–Trinajstić information content (AvgIpc) is 3.16. The Balaban J connectivity index is 1.70. The van der Waals surface area contributed by atoms with E-state index in [0.717, 1.165) is 31.2 Å². The van der Waals surface area contributed by atoms with E-state index in [9.17, 15) is 19.5 Å². The lowest BCUT2D eigenvalue weighted by Gasteiger charge is -2.35. The molecule has 3 rings (SSSR count). The van der Waals surface area contributed by atoms with E-state index < -0.39 is 24.1 Å². The highest BCUT2D eigenvalue weighted by Gasteiger charge is 2.48. The molecule has 2 unspecified atom stereocenters. The summed E-state index contributed by atoms with van der Waals surface area (Å²) in [6.45, 7) is 3.74. The van der Waals surface area contributed by atoms with Crippen molar-refractivity contribution in [3.8, 4) is 0 Å². The number of carbonyl (C=O) groups excluding carboxylic acids is 2. The van der Waals surface area contributed by atoms with Gasteiger partial charge in [-0.05, 0) is 57.4 Å². The van der Waals surface area contributed by atoms with Crippen molar-refractivity contribution >= 4 is 17.8 Å². The average molecular weight is 431 g/mol. The second kappa shape index (κ2) is 10.8. The van der Waals surface area contributed by atoms with Crippen LogP contribution in [0.3, 0.4) is 0 Å². The number of hydrogen-bond acceptors (Lipinski definition) is 5. The van der Waals surface area contributed by atoms with Gasteiger partial charge in [0.2, 0.25) is 5.91 Å². The van der Waals surface area contributed by atoms with Crippen molar-refractivity contribution in [3.05, 3.63) is 35.9 Å². The summed E-state index contributed by atoms with van der Waals surface area (Å²) in [7, 11) is 0. The summed E-state index contributed by atoms with van der Waals surface area (Å²) in [6, 6.07) is 7.75. The maximum Gasteiger partial charge on any atom is 0.326 e. The SMILES string of the molecule is CCOC(=O)[C@H](CCc1ccccc1)N[C@@H](C)C(=O)N1C2CCCCC2C[C@@H]1C(=O)O. The van der Waals surface area contributed by atoms with Crippen LogP contribution in [0, 0.1) is 5.92 Å². The number of carboxylic acid groups (broad SMARTS) is 1. The van der Waals surface area contributed by atoms with Crippen LogP contribution in [0.25, 0.3) is 0 Å². The number of ether oxygens (including phenoxy) is 1. The van der Waals surface area contributed by atoms with E-state index in [1.807, 2.05) is 30.3 Å². The molecule has 2 N–H and O–H groups in total. The van der Waals surface area contributed by atoms with Crippen molar-refractivity contribution in [1.29, 1.82) is 0 Å². The van der Waals surface area contributed by atoms with Crippen LogP contribution >= 0.6 is 0 Å². The smallest absolute Gasteiger partial charge is 0.326 e. The van der Waals surface area contributed by atoms with Crippen LogP contribution in [-0.2, 0) is 25.5 Å². The van der Waals surface area contributed by atoms with Crippen LogP contribution in [0.2, 0.25) is 0 Å². The van der Waals surface area contributed by atoms with Crippen molar-refractivity contribution in [1.82, 2.24) is 10.2 Å². The molecule has 1 aliphatic heterocycles. The van der Waals surface area contributed by atoms with Crippen LogP contribution in [-0.4, -0.2) is 58.6 Å². The standard InChI is InChI=1S/C24H34N2O5/c1-3-31-24(30)19(14-13-17-9-5-4-6-10-17)25-16(2)22(27)26-20-12-8-7-11-18(20)15-21(26)23(28)29/h4-6,9-10,16,18-21,25H,3,7-8,11-15H2,1-2H3,(H,28,29)/t16-,18?,19-,20?,21+/m0/s1. The van der Waals surface area contributed by atoms with Crippen LogP contribution in [0.5, 0.6) is 0 Å². The van der Waals surface area contributed by atoms with E-state index in [2.05, 4.69) is 5.32 Å². The number of carboxylic acids is 1. The number of nitrogens with zero attached hydrogens (tertiary/aromatic N) is 1. The number of likely N-dealkylation sites (tertiary alicyclic amines) is 1. The predicted molar refractivity (Wildman–Crippen MR) is 116 cm³/mol. The zero-order valence-electron chi connectivity index (χ0n) is 18.5. The van der Waals surface area contributed by atoms with Gasteiger partial charge in [-0.25, -0.2) is 4.79 Å². The van der Waals surface area contributed by atoms with E-state index in [1.165, 1.54) is 0 Å². The Kier molecular flexibility index (Phi) is 8.07. The lowest BCUT2D eigenvalue weighted by Crippen LogP contribution is -2.55. The number of nitrogens with one attached hydrogen (secondary N) is 1. The molecule has 5 atom stereocenters. The number of benzene rings is 1. The molecule has 1 saturated carbocycles. The molecule has 2 aliphatic rings. The topological polar surface area (TPSA) is 95.9 Å². The number of amides is 1. The molecule has 0 spiro atoms. The minimum Gasteiger partial charge on any atom is -0.480 e. The predicted octanol–water partition coefficient (Wildman–Crippen LogP) is 2.77. The molecule has 0 radical (unpaired) electrons. The van der Waals surface area contributed by atoms with Gasteiger partial charge in [0, 0.05) is 6.04 Å². The van der Waals surface area contributed by atoms with Gasteiger partial charge in [0.15, 0.2) is 0 Å². The number of aryl methyl sites for hydroxylation is 1. The molecule has 0 aromatic heterocycles. The van der Waals surface area contributed by atoms with E-state index in [0.29, 0.717) is 19.3 Å². The van der Waals surface area contributed by atoms with E-state index in [1.54, 1.807) is 18.7 Å². The largest absolute Gasteiger partial charge is 0.480 e. The highest BCUT2D eigenvalue weighted by molar-refractivity contribution is 5.88. The van der Waals surface area contributed by atoms with Crippen molar-refractivity contribution in [2.45, 2.75) is 83.0 Å². The zero-order chi connectivity index (χ0) is 22.4. The molecule has 1 aromatic carbocycles. The molecule has 1 saturated heterocycles. The molecular formula is C24H34N2O5. The number of carbonyl (C=O) groups is 3. The third-order valence-electron chi connectivity index (χ3n) is 6.58. The van der Waals surface area contributed by atoms with Crippen molar-refractivity contribution in [3.63, 3.8) is 0 Å². The van der Waals surface area contributed by atoms with Gasteiger partial charge >= 0.3 is 11.9 Å². The van der Waals surface area contributed by atoms with Crippen LogP contribution < -0.4 is 5.32 Å². The second-order valence-electron chi connectivity index (χ2n) is 8.66. The van der Waals surface area contributed by atoms with Crippen molar-refractivity contribution < 1.29 is 24.2 Å². The Morgan fingerprint density at radius 3 is 2.58 bits per heavy atom. The normalized spacial score (nSPS) is 24.8. The van der Waals surface area contributed by atoms with Gasteiger partial charge < -0.3 is 14.7 Å². The fourth-order valence-corrected chi connectivity index (χ4v) is 5.06. The molecule has 1 aromatic rings. The maximum absolute atomic E-state index is 13.4. The molecule has 31 heavy (non-hydrogen) atoms. The number of aliphatic carboxylic acids is 1. The fourth-order valence-electron chi connectivity index (χ4n) is 5.06. The summed E-state index contributed by atoms with van der Waals surface area (Å²) < 4.78 is 5.22. The van der Waals surface area contributed by atoms with Gasteiger partial charge in [0.25, 0.3) is 0 Å². The number of hydrogen-bond donors (Lipinski definition) is 2. The maximum atomic E-state index is 13.4. The van der Waals surface area contributed by atoms with Crippen LogP contribution in [0.4, 0.5) is 0 Å². The van der Waals surface area contributed by atoms with Gasteiger partial charge in [-0.2, -0.15) is 0 Å². The minimum atomic E-state index is -0.944. The van der Waals surface area contributed by atoms with Gasteiger partial charge in [0.1, 0.15) is 12.1 Å². The first kappa shape index (κ1) is 23.3. The Hall–Kier alpha value is -2.41. The molecule has 1 heterocycles. The van der Waals surface area contributed by atoms with Gasteiger partial charge in [-0.15, -0.1) is 0 Å². The quantitative estimate of drug-likeness (QED) is 0.585.